The molecule has 140 valence electrons. The van der Waals surface area contributed by atoms with Crippen LogP contribution in [0.15, 0.2) is 67.7 Å². The molecule has 1 heterocycles. The monoisotopic (exact) mass is 406 g/mol. The van der Waals surface area contributed by atoms with Crippen molar-refractivity contribution in [3.63, 3.8) is 0 Å². The van der Waals surface area contributed by atoms with Crippen molar-refractivity contribution in [1.29, 1.82) is 0 Å². The van der Waals surface area contributed by atoms with Crippen LogP contribution in [-0.4, -0.2) is 25.3 Å². The SMILES string of the molecule is CS(=O)(=O)Nc1cc2occ(NC=O)c(=O)c2cc1S(=O)c1ccccc1. The highest BCUT2D eigenvalue weighted by Crippen LogP contribution is 2.29. The van der Waals surface area contributed by atoms with Crippen molar-refractivity contribution in [2.24, 2.45) is 0 Å². The Bertz CT molecular complexity index is 1200. The molecule has 0 radical (unpaired) electrons. The topological polar surface area (TPSA) is 123 Å². The standard InChI is InChI=1S/C17H14N2O6S2/c1-27(23,24)19-13-8-15-12(17(21)14(9-25-15)18-10-20)7-16(13)26(22)11-5-3-2-4-6-11/h2-10,19H,1H3,(H,18,20). The molecule has 3 aromatic rings. The average Bonchev–Trinajstić information content (AvgIpc) is 2.63. The molecular weight excluding hydrogens is 392 g/mol. The van der Waals surface area contributed by atoms with E-state index in [-0.39, 0.29) is 27.2 Å². The fourth-order valence-electron chi connectivity index (χ4n) is 2.42. The highest BCUT2D eigenvalue weighted by Gasteiger charge is 2.19. The van der Waals surface area contributed by atoms with Crippen molar-refractivity contribution in [3.8, 4) is 0 Å². The quantitative estimate of drug-likeness (QED) is 0.603. The van der Waals surface area contributed by atoms with E-state index in [9.17, 15) is 22.2 Å². The van der Waals surface area contributed by atoms with E-state index < -0.39 is 26.3 Å². The molecule has 27 heavy (non-hydrogen) atoms. The van der Waals surface area contributed by atoms with Crippen LogP contribution in [0.1, 0.15) is 0 Å². The summed E-state index contributed by atoms with van der Waals surface area (Å²) in [6.45, 7) is 0. The third-order valence-electron chi connectivity index (χ3n) is 3.54. The molecule has 0 fully saturated rings. The summed E-state index contributed by atoms with van der Waals surface area (Å²) in [5, 5.41) is 2.28. The van der Waals surface area contributed by atoms with Gasteiger partial charge in [0.15, 0.2) is 0 Å². The van der Waals surface area contributed by atoms with Gasteiger partial charge in [-0.05, 0) is 18.2 Å². The molecule has 2 aromatic carbocycles. The Morgan fingerprint density at radius 3 is 2.44 bits per heavy atom. The summed E-state index contributed by atoms with van der Waals surface area (Å²) in [4.78, 5) is 23.6. The zero-order chi connectivity index (χ0) is 19.6. The lowest BCUT2D eigenvalue weighted by Gasteiger charge is -2.12. The van der Waals surface area contributed by atoms with Crippen molar-refractivity contribution >= 4 is 49.6 Å². The molecule has 3 rings (SSSR count). The number of hydrogen-bond donors (Lipinski definition) is 2. The van der Waals surface area contributed by atoms with Gasteiger partial charge in [0.2, 0.25) is 21.9 Å². The van der Waals surface area contributed by atoms with Crippen LogP contribution in [0.25, 0.3) is 11.0 Å². The summed E-state index contributed by atoms with van der Waals surface area (Å²) in [5.74, 6) is 0. The average molecular weight is 406 g/mol. The molecule has 0 spiro atoms. The minimum absolute atomic E-state index is 0.0337. The van der Waals surface area contributed by atoms with Gasteiger partial charge in [-0.15, -0.1) is 0 Å². The predicted octanol–water partition coefficient (Wildman–Crippen LogP) is 1.90. The summed E-state index contributed by atoms with van der Waals surface area (Å²) in [5.41, 5.74) is -0.513. The second kappa shape index (κ2) is 7.33. The van der Waals surface area contributed by atoms with Gasteiger partial charge in [-0.1, -0.05) is 18.2 Å². The van der Waals surface area contributed by atoms with Crippen LogP contribution in [0.2, 0.25) is 0 Å². The van der Waals surface area contributed by atoms with Crippen molar-refractivity contribution in [3.05, 3.63) is 59.0 Å². The normalized spacial score (nSPS) is 12.5. The van der Waals surface area contributed by atoms with Gasteiger partial charge in [0.05, 0.1) is 33.0 Å². The molecule has 1 aromatic heterocycles. The van der Waals surface area contributed by atoms with Gasteiger partial charge < -0.3 is 9.73 Å². The summed E-state index contributed by atoms with van der Waals surface area (Å²) < 4.78 is 44.0. The van der Waals surface area contributed by atoms with E-state index in [1.54, 1.807) is 30.3 Å². The molecule has 0 bridgehead atoms. The Labute approximate surface area is 156 Å². The molecular formula is C17H14N2O6S2. The zero-order valence-electron chi connectivity index (χ0n) is 14.0. The second-order valence-corrected chi connectivity index (χ2v) is 8.74. The van der Waals surface area contributed by atoms with Gasteiger partial charge in [-0.25, -0.2) is 12.6 Å². The number of amides is 1. The second-order valence-electron chi connectivity index (χ2n) is 5.54. The van der Waals surface area contributed by atoms with Gasteiger partial charge in [0.25, 0.3) is 0 Å². The van der Waals surface area contributed by atoms with Crippen LogP contribution in [0.4, 0.5) is 11.4 Å². The number of rotatable bonds is 6. The van der Waals surface area contributed by atoms with Crippen molar-refractivity contribution in [1.82, 2.24) is 0 Å². The lowest BCUT2D eigenvalue weighted by molar-refractivity contribution is -0.105. The van der Waals surface area contributed by atoms with Crippen molar-refractivity contribution in [2.75, 3.05) is 16.3 Å². The molecule has 1 unspecified atom stereocenters. The number of benzene rings is 2. The van der Waals surface area contributed by atoms with Crippen LogP contribution in [-0.2, 0) is 25.6 Å². The Morgan fingerprint density at radius 1 is 1.11 bits per heavy atom. The van der Waals surface area contributed by atoms with E-state index in [0.717, 1.165) is 12.5 Å². The van der Waals surface area contributed by atoms with Crippen LogP contribution in [0.5, 0.6) is 0 Å². The number of carbonyl (C=O) groups excluding carboxylic acids is 1. The number of fused-ring (bicyclic) bond motifs is 1. The number of hydrogen-bond acceptors (Lipinski definition) is 6. The summed E-state index contributed by atoms with van der Waals surface area (Å²) in [7, 11) is -5.44. The first-order chi connectivity index (χ1) is 12.8. The lowest BCUT2D eigenvalue weighted by atomic mass is 10.2. The van der Waals surface area contributed by atoms with E-state index in [1.807, 2.05) is 0 Å². The zero-order valence-corrected chi connectivity index (χ0v) is 15.6. The Morgan fingerprint density at radius 2 is 1.81 bits per heavy atom. The maximum atomic E-state index is 13.0. The maximum Gasteiger partial charge on any atom is 0.229 e. The third-order valence-corrected chi connectivity index (χ3v) is 5.57. The summed E-state index contributed by atoms with van der Waals surface area (Å²) >= 11 is 0. The van der Waals surface area contributed by atoms with E-state index in [1.165, 1.54) is 12.1 Å². The van der Waals surface area contributed by atoms with Gasteiger partial charge >= 0.3 is 0 Å². The number of nitrogens with one attached hydrogen (secondary N) is 2. The van der Waals surface area contributed by atoms with Crippen LogP contribution in [0.3, 0.4) is 0 Å². The molecule has 1 atom stereocenters. The van der Waals surface area contributed by atoms with Crippen LogP contribution < -0.4 is 15.5 Å². The number of sulfonamides is 1. The minimum atomic E-state index is -3.67. The first kappa shape index (κ1) is 18.8. The number of anilines is 2. The summed E-state index contributed by atoms with van der Waals surface area (Å²) in [6.07, 6.45) is 2.34. The maximum absolute atomic E-state index is 13.0. The van der Waals surface area contributed by atoms with E-state index >= 15 is 0 Å². The van der Waals surface area contributed by atoms with Crippen molar-refractivity contribution < 1.29 is 21.8 Å². The van der Waals surface area contributed by atoms with Crippen LogP contribution >= 0.6 is 0 Å². The smallest absolute Gasteiger partial charge is 0.229 e. The molecule has 8 nitrogen and oxygen atoms in total. The molecule has 0 aliphatic heterocycles. The van der Waals surface area contributed by atoms with Crippen LogP contribution in [0, 0.1) is 0 Å². The first-order valence-electron chi connectivity index (χ1n) is 7.54. The highest BCUT2D eigenvalue weighted by molar-refractivity contribution is 7.92. The molecule has 1 amide bonds. The fraction of sp³-hybridized carbons (Fsp3) is 0.0588. The Hall–Kier alpha value is -2.98. The largest absolute Gasteiger partial charge is 0.462 e. The minimum Gasteiger partial charge on any atom is -0.462 e. The fourth-order valence-corrected chi connectivity index (χ4v) is 4.25. The molecule has 0 aliphatic rings. The summed E-state index contributed by atoms with van der Waals surface area (Å²) in [6, 6.07) is 11.0. The molecule has 0 aliphatic carbocycles. The molecule has 0 saturated carbocycles. The first-order valence-corrected chi connectivity index (χ1v) is 10.6. The molecule has 2 N–H and O–H groups in total. The molecule has 10 heteroatoms. The Kier molecular flexibility index (Phi) is 5.10. The third kappa shape index (κ3) is 4.07. The highest BCUT2D eigenvalue weighted by atomic mass is 32.2. The lowest BCUT2D eigenvalue weighted by Crippen LogP contribution is -2.14. The number of carbonyl (C=O) groups is 1. The molecule has 0 saturated heterocycles. The van der Waals surface area contributed by atoms with Gasteiger partial charge in [-0.2, -0.15) is 0 Å². The van der Waals surface area contributed by atoms with Gasteiger partial charge in [-0.3, -0.25) is 14.3 Å². The Balaban J connectivity index is 2.28. The van der Waals surface area contributed by atoms with Crippen molar-refractivity contribution in [2.45, 2.75) is 9.79 Å². The van der Waals surface area contributed by atoms with Gasteiger partial charge in [0.1, 0.15) is 17.5 Å². The van der Waals surface area contributed by atoms with E-state index in [4.69, 9.17) is 4.42 Å². The van der Waals surface area contributed by atoms with E-state index in [0.29, 0.717) is 11.3 Å². The predicted molar refractivity (Wildman–Crippen MR) is 102 cm³/mol. The van der Waals surface area contributed by atoms with E-state index in [2.05, 4.69) is 10.0 Å². The van der Waals surface area contributed by atoms with Gasteiger partial charge in [0, 0.05) is 11.0 Å².